The molecule has 0 bridgehead atoms. The van der Waals surface area contributed by atoms with E-state index in [1.165, 1.54) is 12.5 Å². The van der Waals surface area contributed by atoms with Crippen molar-refractivity contribution < 1.29 is 14.7 Å². The summed E-state index contributed by atoms with van der Waals surface area (Å²) in [6, 6.07) is 24.5. The Bertz CT molecular complexity index is 1250. The van der Waals surface area contributed by atoms with Gasteiger partial charge in [-0.15, -0.1) is 0 Å². The Morgan fingerprint density at radius 1 is 0.865 bits per heavy atom. The Hall–Kier alpha value is -3.86. The van der Waals surface area contributed by atoms with Gasteiger partial charge in [0.1, 0.15) is 0 Å². The zero-order chi connectivity index (χ0) is 26.4. The Balaban J connectivity index is 1.61. The predicted octanol–water partition coefficient (Wildman–Crippen LogP) is 7.02. The molecule has 0 spiro atoms. The Morgan fingerprint density at radius 3 is 2.08 bits per heavy atom. The van der Waals surface area contributed by atoms with Crippen LogP contribution >= 0.6 is 0 Å². The fourth-order valence-electron chi connectivity index (χ4n) is 4.99. The van der Waals surface area contributed by atoms with E-state index in [1.54, 1.807) is 6.92 Å². The molecule has 1 amide bonds. The number of hydrogen-bond acceptors (Lipinski definition) is 3. The number of aliphatic carboxylic acids is 1. The molecule has 0 heterocycles. The van der Waals surface area contributed by atoms with E-state index in [0.29, 0.717) is 12.1 Å². The number of amides is 1. The van der Waals surface area contributed by atoms with E-state index in [0.717, 1.165) is 59.3 Å². The van der Waals surface area contributed by atoms with Crippen molar-refractivity contribution in [1.82, 2.24) is 0 Å². The number of anilines is 2. The van der Waals surface area contributed by atoms with Crippen molar-refractivity contribution in [2.45, 2.75) is 45.6 Å². The highest BCUT2D eigenvalue weighted by molar-refractivity contribution is 5.96. The molecule has 0 atom stereocenters. The topological polar surface area (TPSA) is 60.9 Å². The van der Waals surface area contributed by atoms with Gasteiger partial charge in [-0.05, 0) is 71.9 Å². The van der Waals surface area contributed by atoms with Crippen LogP contribution in [0.15, 0.2) is 78.9 Å². The van der Waals surface area contributed by atoms with Crippen LogP contribution in [0.2, 0.25) is 0 Å². The molecule has 37 heavy (non-hydrogen) atoms. The molecule has 192 valence electrons. The first-order chi connectivity index (χ1) is 17.8. The van der Waals surface area contributed by atoms with E-state index in [9.17, 15) is 14.7 Å². The van der Waals surface area contributed by atoms with Crippen molar-refractivity contribution in [1.29, 1.82) is 0 Å². The summed E-state index contributed by atoms with van der Waals surface area (Å²) in [4.78, 5) is 28.9. The van der Waals surface area contributed by atoms with Crippen LogP contribution in [0.4, 0.5) is 11.4 Å². The van der Waals surface area contributed by atoms with Gasteiger partial charge in [0, 0.05) is 37.5 Å². The molecule has 1 fully saturated rings. The summed E-state index contributed by atoms with van der Waals surface area (Å²) in [5.41, 5.74) is 6.77. The number of carbonyl (C=O) groups excluding carboxylic acids is 1. The molecule has 0 aliphatic heterocycles. The number of carboxylic acid groups (broad SMARTS) is 1. The van der Waals surface area contributed by atoms with E-state index in [2.05, 4.69) is 53.4 Å². The maximum atomic E-state index is 13.8. The lowest BCUT2D eigenvalue weighted by atomic mass is 9.88. The highest BCUT2D eigenvalue weighted by atomic mass is 16.4. The molecule has 0 saturated heterocycles. The van der Waals surface area contributed by atoms with Gasteiger partial charge in [0.25, 0.3) is 0 Å². The number of carboxylic acids is 1. The average Bonchev–Trinajstić information content (AvgIpc) is 2.92. The SMILES string of the molecule is CC(=CC(=O)O)c1cccc(N(Cc2ccc(-c3ccc(N(C)C)cc3)cc2)C(=O)C2CCCCC2)c1. The van der Waals surface area contributed by atoms with E-state index in [1.807, 2.05) is 43.3 Å². The Labute approximate surface area is 220 Å². The monoisotopic (exact) mass is 496 g/mol. The van der Waals surface area contributed by atoms with Gasteiger partial charge >= 0.3 is 5.97 Å². The molecule has 1 saturated carbocycles. The van der Waals surface area contributed by atoms with Gasteiger partial charge in [0.2, 0.25) is 5.91 Å². The van der Waals surface area contributed by atoms with E-state index in [4.69, 9.17) is 0 Å². The molecule has 5 heteroatoms. The zero-order valence-corrected chi connectivity index (χ0v) is 22.0. The predicted molar refractivity (Wildman–Crippen MR) is 152 cm³/mol. The van der Waals surface area contributed by atoms with Crippen LogP contribution in [0, 0.1) is 5.92 Å². The summed E-state index contributed by atoms with van der Waals surface area (Å²) in [7, 11) is 4.06. The first-order valence-electron chi connectivity index (χ1n) is 13.0. The number of carbonyl (C=O) groups is 2. The van der Waals surface area contributed by atoms with Crippen LogP contribution < -0.4 is 9.80 Å². The highest BCUT2D eigenvalue weighted by Crippen LogP contribution is 2.31. The third-order valence-electron chi connectivity index (χ3n) is 7.19. The van der Waals surface area contributed by atoms with Crippen LogP contribution in [0.25, 0.3) is 16.7 Å². The summed E-state index contributed by atoms with van der Waals surface area (Å²) in [6.07, 6.45) is 6.42. The summed E-state index contributed by atoms with van der Waals surface area (Å²) in [5.74, 6) is -0.794. The zero-order valence-electron chi connectivity index (χ0n) is 22.0. The molecular weight excluding hydrogens is 460 g/mol. The third kappa shape index (κ3) is 6.67. The van der Waals surface area contributed by atoms with Crippen molar-refractivity contribution >= 4 is 28.8 Å². The summed E-state index contributed by atoms with van der Waals surface area (Å²) in [6.45, 7) is 2.25. The van der Waals surface area contributed by atoms with Crippen LogP contribution in [0.3, 0.4) is 0 Å². The molecule has 5 nitrogen and oxygen atoms in total. The second-order valence-electron chi connectivity index (χ2n) is 10.1. The molecule has 0 unspecified atom stereocenters. The minimum absolute atomic E-state index is 0.0301. The Kier molecular flexibility index (Phi) is 8.44. The highest BCUT2D eigenvalue weighted by Gasteiger charge is 2.27. The van der Waals surface area contributed by atoms with E-state index in [-0.39, 0.29) is 11.8 Å². The second-order valence-corrected chi connectivity index (χ2v) is 10.1. The van der Waals surface area contributed by atoms with E-state index >= 15 is 0 Å². The van der Waals surface area contributed by atoms with Gasteiger partial charge in [-0.3, -0.25) is 4.79 Å². The van der Waals surface area contributed by atoms with Gasteiger partial charge in [-0.2, -0.15) is 0 Å². The number of nitrogens with zero attached hydrogens (tertiary/aromatic N) is 2. The van der Waals surface area contributed by atoms with Crippen molar-refractivity contribution in [2.24, 2.45) is 5.92 Å². The van der Waals surface area contributed by atoms with Crippen LogP contribution in [-0.4, -0.2) is 31.1 Å². The van der Waals surface area contributed by atoms with Gasteiger partial charge < -0.3 is 14.9 Å². The summed E-state index contributed by atoms with van der Waals surface area (Å²) in [5, 5.41) is 9.18. The molecule has 1 aliphatic carbocycles. The lowest BCUT2D eigenvalue weighted by Gasteiger charge is -2.30. The van der Waals surface area contributed by atoms with E-state index < -0.39 is 5.97 Å². The second kappa shape index (κ2) is 11.9. The lowest BCUT2D eigenvalue weighted by molar-refractivity contribution is -0.131. The largest absolute Gasteiger partial charge is 0.478 e. The van der Waals surface area contributed by atoms with Gasteiger partial charge in [-0.1, -0.05) is 67.8 Å². The van der Waals surface area contributed by atoms with Crippen LogP contribution in [0.5, 0.6) is 0 Å². The normalized spacial score (nSPS) is 14.3. The molecule has 3 aromatic rings. The number of hydrogen-bond donors (Lipinski definition) is 1. The first kappa shape index (κ1) is 26.2. The molecule has 1 aliphatic rings. The van der Waals surface area contributed by atoms with Crippen molar-refractivity contribution in [3.63, 3.8) is 0 Å². The third-order valence-corrected chi connectivity index (χ3v) is 7.19. The number of benzene rings is 3. The molecule has 4 rings (SSSR count). The fourth-order valence-corrected chi connectivity index (χ4v) is 4.99. The van der Waals surface area contributed by atoms with Crippen LogP contribution in [-0.2, 0) is 16.1 Å². The fraction of sp³-hybridized carbons (Fsp3) is 0.312. The number of rotatable bonds is 8. The smallest absolute Gasteiger partial charge is 0.328 e. The average molecular weight is 497 g/mol. The van der Waals surface area contributed by atoms with Gasteiger partial charge in [0.15, 0.2) is 0 Å². The van der Waals surface area contributed by atoms with Crippen molar-refractivity contribution in [3.05, 3.63) is 90.0 Å². The molecule has 3 aromatic carbocycles. The van der Waals surface area contributed by atoms with Crippen molar-refractivity contribution in [2.75, 3.05) is 23.9 Å². The first-order valence-corrected chi connectivity index (χ1v) is 13.0. The standard InChI is InChI=1S/C32H36N2O3/c1-23(20-31(35)36)28-10-7-11-30(21-28)34(32(37)27-8-5-4-6-9-27)22-24-12-14-25(15-13-24)26-16-18-29(19-17-26)33(2)3/h7,10-21,27H,4-6,8-9,22H2,1-3H3,(H,35,36). The maximum Gasteiger partial charge on any atom is 0.328 e. The van der Waals surface area contributed by atoms with Crippen LogP contribution in [0.1, 0.15) is 50.2 Å². The minimum Gasteiger partial charge on any atom is -0.478 e. The molecule has 0 radical (unpaired) electrons. The molecule has 1 N–H and O–H groups in total. The van der Waals surface area contributed by atoms with Crippen molar-refractivity contribution in [3.8, 4) is 11.1 Å². The van der Waals surface area contributed by atoms with Gasteiger partial charge in [-0.25, -0.2) is 4.79 Å². The summed E-state index contributed by atoms with van der Waals surface area (Å²) >= 11 is 0. The lowest BCUT2D eigenvalue weighted by Crippen LogP contribution is -2.36. The number of allylic oxidation sites excluding steroid dienone is 1. The molecule has 0 aromatic heterocycles. The van der Waals surface area contributed by atoms with Gasteiger partial charge in [0.05, 0.1) is 6.54 Å². The maximum absolute atomic E-state index is 13.8. The quantitative estimate of drug-likeness (QED) is 0.340. The Morgan fingerprint density at radius 2 is 1.49 bits per heavy atom. The summed E-state index contributed by atoms with van der Waals surface area (Å²) < 4.78 is 0. The minimum atomic E-state index is -0.977. The molecular formula is C32H36N2O3.